The molecule has 3 N–H and O–H groups in total. The molecule has 0 saturated heterocycles. The Hall–Kier alpha value is -1.95. The molecular weight excluding hydrogens is 277 g/mol. The van der Waals surface area contributed by atoms with E-state index in [1.165, 1.54) is 18.2 Å². The molecule has 6 heteroatoms. The van der Waals surface area contributed by atoms with Gasteiger partial charge in [-0.25, -0.2) is 4.39 Å². The minimum Gasteiger partial charge on any atom is -0.357 e. The highest BCUT2D eigenvalue weighted by atomic mass is 32.1. The van der Waals surface area contributed by atoms with Crippen molar-refractivity contribution >= 4 is 29.3 Å². The number of rotatable bonds is 2. The largest absolute Gasteiger partial charge is 0.357 e. The summed E-state index contributed by atoms with van der Waals surface area (Å²) >= 11 is 5.01. The van der Waals surface area contributed by atoms with Crippen LogP contribution in [0.1, 0.15) is 26.3 Å². The van der Waals surface area contributed by atoms with Crippen LogP contribution in [-0.4, -0.2) is 16.6 Å². The third-order valence-electron chi connectivity index (χ3n) is 2.08. The summed E-state index contributed by atoms with van der Waals surface area (Å²) in [5.74, 6) is -0.667. The van der Waals surface area contributed by atoms with E-state index in [1.807, 2.05) is 20.8 Å². The first-order valence-corrected chi connectivity index (χ1v) is 6.49. The van der Waals surface area contributed by atoms with Gasteiger partial charge in [0.05, 0.1) is 0 Å². The fourth-order valence-corrected chi connectivity index (χ4v) is 1.63. The number of thiocarbonyl (C=S) groups is 1. The molecule has 0 fully saturated rings. The van der Waals surface area contributed by atoms with E-state index in [9.17, 15) is 9.18 Å². The summed E-state index contributed by atoms with van der Waals surface area (Å²) in [6.45, 7) is 5.87. The molecule has 20 heavy (non-hydrogen) atoms. The Bertz CT molecular complexity index is 506. The molecule has 1 aromatic carbocycles. The Kier molecular flexibility index (Phi) is 5.64. The van der Waals surface area contributed by atoms with E-state index in [-0.39, 0.29) is 17.3 Å². The van der Waals surface area contributed by atoms with Crippen molar-refractivity contribution in [2.24, 2.45) is 0 Å². The van der Waals surface area contributed by atoms with E-state index >= 15 is 0 Å². The molecular formula is C14H18FN3OS. The summed E-state index contributed by atoms with van der Waals surface area (Å²) in [7, 11) is 0. The first-order valence-electron chi connectivity index (χ1n) is 6.08. The lowest BCUT2D eigenvalue weighted by atomic mass is 10.1. The number of hydrogen-bond donors (Lipinski definition) is 3. The van der Waals surface area contributed by atoms with Crippen LogP contribution >= 0.6 is 12.2 Å². The van der Waals surface area contributed by atoms with Crippen LogP contribution in [0.3, 0.4) is 0 Å². The molecule has 0 aliphatic rings. The second-order valence-corrected chi connectivity index (χ2v) is 5.61. The van der Waals surface area contributed by atoms with Crippen molar-refractivity contribution in [1.82, 2.24) is 16.2 Å². The Morgan fingerprint density at radius 1 is 1.20 bits per heavy atom. The number of hydrazine groups is 1. The Balaban J connectivity index is 2.40. The van der Waals surface area contributed by atoms with Gasteiger partial charge in [-0.1, -0.05) is 12.1 Å². The van der Waals surface area contributed by atoms with Crippen LogP contribution in [0, 0.1) is 5.82 Å². The van der Waals surface area contributed by atoms with Gasteiger partial charge in [-0.2, -0.15) is 0 Å². The van der Waals surface area contributed by atoms with Crippen LogP contribution in [0.2, 0.25) is 0 Å². The van der Waals surface area contributed by atoms with Crippen LogP contribution in [-0.2, 0) is 4.79 Å². The summed E-state index contributed by atoms with van der Waals surface area (Å²) in [6.07, 6.45) is 2.91. The molecule has 0 atom stereocenters. The number of hydrogen-bond acceptors (Lipinski definition) is 2. The minimum absolute atomic E-state index is 0.182. The van der Waals surface area contributed by atoms with Gasteiger partial charge in [0, 0.05) is 11.6 Å². The lowest BCUT2D eigenvalue weighted by Crippen LogP contribution is -2.51. The van der Waals surface area contributed by atoms with Gasteiger partial charge in [0.1, 0.15) is 5.82 Å². The number of benzene rings is 1. The summed E-state index contributed by atoms with van der Waals surface area (Å²) in [5.41, 5.74) is 5.58. The molecule has 0 aliphatic carbocycles. The molecule has 0 bridgehead atoms. The SMILES string of the molecule is CC(C)(C)NC(=S)NNC(=O)/C=C/c1ccc(F)cc1. The van der Waals surface area contributed by atoms with E-state index in [0.717, 1.165) is 5.56 Å². The standard InChI is InChI=1S/C14H18FN3OS/c1-14(2,3)16-13(20)18-17-12(19)9-6-10-4-7-11(15)8-5-10/h4-9H,1-3H3,(H,17,19)(H2,16,18,20)/b9-6+. The van der Waals surface area contributed by atoms with Crippen LogP contribution in [0.5, 0.6) is 0 Å². The Morgan fingerprint density at radius 2 is 1.80 bits per heavy atom. The van der Waals surface area contributed by atoms with Gasteiger partial charge in [0.2, 0.25) is 0 Å². The minimum atomic E-state index is -0.354. The predicted molar refractivity (Wildman–Crippen MR) is 82.2 cm³/mol. The van der Waals surface area contributed by atoms with Gasteiger partial charge in [-0.3, -0.25) is 15.6 Å². The lowest BCUT2D eigenvalue weighted by Gasteiger charge is -2.22. The molecule has 0 unspecified atom stereocenters. The third kappa shape index (κ3) is 6.84. The topological polar surface area (TPSA) is 53.2 Å². The molecule has 0 radical (unpaired) electrons. The zero-order chi connectivity index (χ0) is 15.2. The van der Waals surface area contributed by atoms with E-state index in [1.54, 1.807) is 18.2 Å². The third-order valence-corrected chi connectivity index (χ3v) is 2.29. The van der Waals surface area contributed by atoms with E-state index in [0.29, 0.717) is 5.11 Å². The molecule has 0 saturated carbocycles. The van der Waals surface area contributed by atoms with Crippen molar-refractivity contribution in [1.29, 1.82) is 0 Å². The summed E-state index contributed by atoms with van der Waals surface area (Å²) in [4.78, 5) is 11.5. The molecule has 1 rings (SSSR count). The average molecular weight is 295 g/mol. The number of amides is 1. The van der Waals surface area contributed by atoms with Gasteiger partial charge < -0.3 is 5.32 Å². The fourth-order valence-electron chi connectivity index (χ4n) is 1.28. The van der Waals surface area contributed by atoms with Crippen LogP contribution in [0.4, 0.5) is 4.39 Å². The first-order chi connectivity index (χ1) is 9.26. The van der Waals surface area contributed by atoms with Crippen LogP contribution < -0.4 is 16.2 Å². The van der Waals surface area contributed by atoms with Crippen molar-refractivity contribution in [3.63, 3.8) is 0 Å². The van der Waals surface area contributed by atoms with Crippen LogP contribution in [0.25, 0.3) is 6.08 Å². The number of carbonyl (C=O) groups excluding carboxylic acids is 1. The van der Waals surface area contributed by atoms with Crippen molar-refractivity contribution < 1.29 is 9.18 Å². The second kappa shape index (κ2) is 7.00. The van der Waals surface area contributed by atoms with Gasteiger partial charge in [0.15, 0.2) is 5.11 Å². The highest BCUT2D eigenvalue weighted by molar-refractivity contribution is 7.80. The highest BCUT2D eigenvalue weighted by Gasteiger charge is 2.10. The maximum Gasteiger partial charge on any atom is 0.262 e. The van der Waals surface area contributed by atoms with Gasteiger partial charge >= 0.3 is 0 Å². The Labute approximate surface area is 123 Å². The molecule has 108 valence electrons. The molecule has 0 aromatic heterocycles. The number of halogens is 1. The smallest absolute Gasteiger partial charge is 0.262 e. The molecule has 0 spiro atoms. The molecule has 1 aromatic rings. The van der Waals surface area contributed by atoms with E-state index in [4.69, 9.17) is 12.2 Å². The van der Waals surface area contributed by atoms with Gasteiger partial charge in [-0.05, 0) is 56.8 Å². The molecule has 0 aliphatic heterocycles. The summed E-state index contributed by atoms with van der Waals surface area (Å²) in [5, 5.41) is 3.33. The van der Waals surface area contributed by atoms with E-state index in [2.05, 4.69) is 16.2 Å². The van der Waals surface area contributed by atoms with Crippen LogP contribution in [0.15, 0.2) is 30.3 Å². The Morgan fingerprint density at radius 3 is 2.35 bits per heavy atom. The van der Waals surface area contributed by atoms with Crippen molar-refractivity contribution in [3.05, 3.63) is 41.7 Å². The summed E-state index contributed by atoms with van der Waals surface area (Å²) < 4.78 is 12.7. The van der Waals surface area contributed by atoms with Crippen molar-refractivity contribution in [2.75, 3.05) is 0 Å². The highest BCUT2D eigenvalue weighted by Crippen LogP contribution is 2.04. The quantitative estimate of drug-likeness (QED) is 0.444. The fraction of sp³-hybridized carbons (Fsp3) is 0.286. The second-order valence-electron chi connectivity index (χ2n) is 5.20. The van der Waals surface area contributed by atoms with Gasteiger partial charge in [0.25, 0.3) is 5.91 Å². The molecule has 1 amide bonds. The lowest BCUT2D eigenvalue weighted by molar-refractivity contribution is -0.117. The van der Waals surface area contributed by atoms with Crippen molar-refractivity contribution in [3.8, 4) is 0 Å². The maximum absolute atomic E-state index is 12.7. The molecule has 4 nitrogen and oxygen atoms in total. The molecule has 0 heterocycles. The number of nitrogens with one attached hydrogen (secondary N) is 3. The predicted octanol–water partition coefficient (Wildman–Crippen LogP) is 2.13. The normalized spacial score (nSPS) is 11.2. The number of carbonyl (C=O) groups is 1. The van der Waals surface area contributed by atoms with E-state index < -0.39 is 0 Å². The summed E-state index contributed by atoms with van der Waals surface area (Å²) in [6, 6.07) is 5.83. The first kappa shape index (κ1) is 16.1. The zero-order valence-electron chi connectivity index (χ0n) is 11.7. The van der Waals surface area contributed by atoms with Gasteiger partial charge in [-0.15, -0.1) is 0 Å². The zero-order valence-corrected chi connectivity index (χ0v) is 12.5. The average Bonchev–Trinajstić information content (AvgIpc) is 2.33. The maximum atomic E-state index is 12.7. The monoisotopic (exact) mass is 295 g/mol. The van der Waals surface area contributed by atoms with Crippen molar-refractivity contribution in [2.45, 2.75) is 26.3 Å².